The lowest BCUT2D eigenvalue weighted by molar-refractivity contribution is -0.0644. The second-order valence-electron chi connectivity index (χ2n) is 8.14. The number of anilines is 1. The smallest absolute Gasteiger partial charge is 0.184 e. The zero-order valence-corrected chi connectivity index (χ0v) is 18.1. The minimum absolute atomic E-state index is 0.0936. The Morgan fingerprint density at radius 2 is 1.83 bits per heavy atom. The van der Waals surface area contributed by atoms with Crippen LogP contribution in [0.1, 0.15) is 43.1 Å². The number of piperazine rings is 1. The predicted molar refractivity (Wildman–Crippen MR) is 115 cm³/mol. The van der Waals surface area contributed by atoms with Gasteiger partial charge in [0.2, 0.25) is 0 Å². The average Bonchev–Trinajstić information content (AvgIpc) is 3.17. The van der Waals surface area contributed by atoms with Gasteiger partial charge in [-0.05, 0) is 19.1 Å². The molecule has 4 rings (SSSR count). The van der Waals surface area contributed by atoms with Gasteiger partial charge < -0.3 is 14.4 Å². The lowest BCUT2D eigenvalue weighted by Crippen LogP contribution is -2.49. The van der Waals surface area contributed by atoms with Crippen molar-refractivity contribution < 1.29 is 9.47 Å². The van der Waals surface area contributed by atoms with E-state index in [4.69, 9.17) is 26.1 Å². The van der Waals surface area contributed by atoms with E-state index in [2.05, 4.69) is 34.7 Å². The summed E-state index contributed by atoms with van der Waals surface area (Å²) in [6.45, 7) is 11.7. The van der Waals surface area contributed by atoms with Crippen LogP contribution in [0.15, 0.2) is 30.3 Å². The van der Waals surface area contributed by atoms with Crippen LogP contribution in [0.3, 0.4) is 0 Å². The Kier molecular flexibility index (Phi) is 6.35. The Balaban J connectivity index is 1.29. The predicted octanol–water partition coefficient (Wildman–Crippen LogP) is 3.80. The maximum absolute atomic E-state index is 6.12. The van der Waals surface area contributed by atoms with Crippen LogP contribution in [0.25, 0.3) is 0 Å². The molecule has 156 valence electrons. The van der Waals surface area contributed by atoms with Crippen LogP contribution in [-0.2, 0) is 9.47 Å². The number of ether oxygens (including phenoxy) is 2. The van der Waals surface area contributed by atoms with Crippen molar-refractivity contribution in [1.82, 2.24) is 14.9 Å². The summed E-state index contributed by atoms with van der Waals surface area (Å²) < 4.78 is 12.0. The van der Waals surface area contributed by atoms with Crippen LogP contribution in [0.2, 0.25) is 5.02 Å². The van der Waals surface area contributed by atoms with Crippen LogP contribution >= 0.6 is 11.6 Å². The van der Waals surface area contributed by atoms with Gasteiger partial charge in [0.15, 0.2) is 6.29 Å². The van der Waals surface area contributed by atoms with Crippen molar-refractivity contribution in [3.63, 3.8) is 0 Å². The lowest BCUT2D eigenvalue weighted by Gasteiger charge is -2.36. The van der Waals surface area contributed by atoms with Crippen molar-refractivity contribution in [2.45, 2.75) is 39.1 Å². The van der Waals surface area contributed by atoms with Gasteiger partial charge in [0, 0.05) is 61.0 Å². The Labute approximate surface area is 177 Å². The fraction of sp³-hybridized carbons (Fsp3) is 0.545. The van der Waals surface area contributed by atoms with E-state index in [0.717, 1.165) is 60.6 Å². The van der Waals surface area contributed by atoms with E-state index in [1.807, 2.05) is 31.2 Å². The standard InChI is InChI=1S/C22H29ClN4O2/c1-15(2)21-24-16(3)12-20(25-21)27-10-8-26(9-11-27)13-19-14-28-22(29-19)17-4-6-18(23)7-5-17/h4-7,12,15,19,22H,8-11,13-14H2,1-3H3/t19-,22+/m1/s1. The summed E-state index contributed by atoms with van der Waals surface area (Å²) in [5.41, 5.74) is 2.05. The minimum atomic E-state index is -0.294. The minimum Gasteiger partial charge on any atom is -0.354 e. The highest BCUT2D eigenvalue weighted by molar-refractivity contribution is 6.30. The molecule has 2 saturated heterocycles. The molecule has 0 radical (unpaired) electrons. The fourth-order valence-corrected chi connectivity index (χ4v) is 3.91. The molecule has 0 aliphatic carbocycles. The highest BCUT2D eigenvalue weighted by Crippen LogP contribution is 2.28. The van der Waals surface area contributed by atoms with Gasteiger partial charge in [-0.2, -0.15) is 0 Å². The van der Waals surface area contributed by atoms with Gasteiger partial charge in [-0.15, -0.1) is 0 Å². The van der Waals surface area contributed by atoms with Gasteiger partial charge in [0.25, 0.3) is 0 Å². The third kappa shape index (κ3) is 5.07. The largest absolute Gasteiger partial charge is 0.354 e. The summed E-state index contributed by atoms with van der Waals surface area (Å²) in [7, 11) is 0. The molecule has 2 atom stereocenters. The van der Waals surface area contributed by atoms with Crippen LogP contribution in [0, 0.1) is 6.92 Å². The van der Waals surface area contributed by atoms with Gasteiger partial charge in [0.05, 0.1) is 12.7 Å². The SMILES string of the molecule is Cc1cc(N2CCN(C[C@@H]3CO[C@H](c4ccc(Cl)cc4)O3)CC2)nc(C(C)C)n1. The van der Waals surface area contributed by atoms with Crippen molar-refractivity contribution in [1.29, 1.82) is 0 Å². The van der Waals surface area contributed by atoms with E-state index in [1.54, 1.807) is 0 Å². The van der Waals surface area contributed by atoms with E-state index in [1.165, 1.54) is 0 Å². The molecule has 0 saturated carbocycles. The van der Waals surface area contributed by atoms with Crippen LogP contribution in [-0.4, -0.2) is 60.3 Å². The summed E-state index contributed by atoms with van der Waals surface area (Å²) >= 11 is 5.96. The van der Waals surface area contributed by atoms with E-state index in [9.17, 15) is 0 Å². The Morgan fingerprint density at radius 1 is 1.10 bits per heavy atom. The van der Waals surface area contributed by atoms with E-state index >= 15 is 0 Å². The number of hydrogen-bond acceptors (Lipinski definition) is 6. The zero-order chi connectivity index (χ0) is 20.4. The Hall–Kier alpha value is -1.73. The van der Waals surface area contributed by atoms with Gasteiger partial charge in [-0.1, -0.05) is 37.6 Å². The lowest BCUT2D eigenvalue weighted by atomic mass is 10.2. The summed E-state index contributed by atoms with van der Waals surface area (Å²) in [6, 6.07) is 9.75. The first-order valence-electron chi connectivity index (χ1n) is 10.3. The van der Waals surface area contributed by atoms with E-state index in [0.29, 0.717) is 12.5 Å². The topological polar surface area (TPSA) is 50.7 Å². The van der Waals surface area contributed by atoms with Gasteiger partial charge in [0.1, 0.15) is 11.6 Å². The highest BCUT2D eigenvalue weighted by atomic mass is 35.5. The molecule has 2 aromatic rings. The molecule has 7 heteroatoms. The molecule has 2 fully saturated rings. The van der Waals surface area contributed by atoms with E-state index < -0.39 is 0 Å². The van der Waals surface area contributed by atoms with Gasteiger partial charge in [-0.3, -0.25) is 4.90 Å². The normalized spacial score (nSPS) is 23.1. The molecular weight excluding hydrogens is 388 g/mol. The van der Waals surface area contributed by atoms with Crippen molar-refractivity contribution >= 4 is 17.4 Å². The van der Waals surface area contributed by atoms with Crippen molar-refractivity contribution in [2.75, 3.05) is 44.2 Å². The molecular formula is C22H29ClN4O2. The number of halogens is 1. The quantitative estimate of drug-likeness (QED) is 0.739. The maximum atomic E-state index is 6.12. The highest BCUT2D eigenvalue weighted by Gasteiger charge is 2.30. The molecule has 2 aliphatic heterocycles. The Morgan fingerprint density at radius 3 is 2.52 bits per heavy atom. The number of nitrogens with zero attached hydrogens (tertiary/aromatic N) is 4. The number of benzene rings is 1. The number of rotatable bonds is 5. The van der Waals surface area contributed by atoms with Crippen LogP contribution in [0.5, 0.6) is 0 Å². The van der Waals surface area contributed by atoms with Crippen LogP contribution < -0.4 is 4.90 Å². The molecule has 2 aliphatic rings. The molecule has 29 heavy (non-hydrogen) atoms. The molecule has 6 nitrogen and oxygen atoms in total. The monoisotopic (exact) mass is 416 g/mol. The van der Waals surface area contributed by atoms with Crippen molar-refractivity contribution in [2.24, 2.45) is 0 Å². The summed E-state index contributed by atoms with van der Waals surface area (Å²) in [5.74, 6) is 2.30. The summed E-state index contributed by atoms with van der Waals surface area (Å²) in [4.78, 5) is 14.2. The molecule has 1 aromatic heterocycles. The first-order valence-corrected chi connectivity index (χ1v) is 10.7. The second-order valence-corrected chi connectivity index (χ2v) is 8.58. The molecule has 0 amide bonds. The Bertz CT molecular complexity index is 822. The maximum Gasteiger partial charge on any atom is 0.184 e. The third-order valence-electron chi connectivity index (χ3n) is 5.42. The summed E-state index contributed by atoms with van der Waals surface area (Å²) in [5, 5.41) is 0.723. The molecule has 0 bridgehead atoms. The zero-order valence-electron chi connectivity index (χ0n) is 17.3. The van der Waals surface area contributed by atoms with Crippen LogP contribution in [0.4, 0.5) is 5.82 Å². The first-order chi connectivity index (χ1) is 14.0. The number of hydrogen-bond donors (Lipinski definition) is 0. The fourth-order valence-electron chi connectivity index (χ4n) is 3.78. The van der Waals surface area contributed by atoms with E-state index in [-0.39, 0.29) is 12.4 Å². The summed E-state index contributed by atoms with van der Waals surface area (Å²) in [6.07, 6.45) is -0.201. The number of aromatic nitrogens is 2. The average molecular weight is 417 g/mol. The molecule has 0 spiro atoms. The first kappa shape index (κ1) is 20.5. The van der Waals surface area contributed by atoms with Gasteiger partial charge in [-0.25, -0.2) is 9.97 Å². The molecule has 1 aromatic carbocycles. The van der Waals surface area contributed by atoms with Crippen molar-refractivity contribution in [3.8, 4) is 0 Å². The number of aryl methyl sites for hydroxylation is 1. The molecule has 0 unspecified atom stereocenters. The molecule has 3 heterocycles. The van der Waals surface area contributed by atoms with Gasteiger partial charge >= 0.3 is 0 Å². The van der Waals surface area contributed by atoms with Crippen molar-refractivity contribution in [3.05, 3.63) is 52.4 Å². The second kappa shape index (κ2) is 8.96. The molecule has 0 N–H and O–H groups in total. The third-order valence-corrected chi connectivity index (χ3v) is 5.68.